The highest BCUT2D eigenvalue weighted by atomic mass is 16.7. The molecule has 0 radical (unpaired) electrons. The Labute approximate surface area is 339 Å². The molecule has 0 bridgehead atoms. The molecule has 0 unspecified atom stereocenters. The van der Waals surface area contributed by atoms with Crippen molar-refractivity contribution < 1.29 is 79.6 Å². The lowest BCUT2D eigenvalue weighted by Gasteiger charge is -2.71. The van der Waals surface area contributed by atoms with Crippen molar-refractivity contribution in [1.29, 1.82) is 0 Å². The summed E-state index contributed by atoms with van der Waals surface area (Å²) in [5.74, 6) is -2.48. The minimum Gasteiger partial charge on any atom is -0.479 e. The highest BCUT2D eigenvalue weighted by Gasteiger charge is 2.71. The highest BCUT2D eigenvalue weighted by Crippen LogP contribution is 2.76. The summed E-state index contributed by atoms with van der Waals surface area (Å²) in [6, 6.07) is 0. The molecule has 330 valence electrons. The standard InChI is InChI=1S/C42H66O16/c1-37(2)11-13-42(36(54)58-34-29(50)26(47)25(46)22(17-43)55-34)14-12-40(5)19(20(42)15-37)7-8-24-38(3)16-21(45)32(39(4,18-44)23(38)9-10-41(24,40)6)57-35-30(51)27(48)28(49)31(56-35)33(52)53/h7,20-32,34-35,43-51H,8-18H2,1-6H3,(H,52,53)/t20-,21-,22+,23+,24+,25+,26-,27-,28-,29+,30+,31-,32-,34-,35-,38-,39-,40+,41+,42-/m0/s1. The van der Waals surface area contributed by atoms with E-state index in [2.05, 4.69) is 40.7 Å². The molecule has 5 aliphatic carbocycles. The Morgan fingerprint density at radius 3 is 2.03 bits per heavy atom. The number of aliphatic hydroxyl groups is 9. The highest BCUT2D eigenvalue weighted by molar-refractivity contribution is 5.79. The lowest BCUT2D eigenvalue weighted by Crippen LogP contribution is -2.69. The lowest BCUT2D eigenvalue weighted by atomic mass is 9.33. The summed E-state index contributed by atoms with van der Waals surface area (Å²) in [4.78, 5) is 26.4. The number of carboxylic acid groups (broad SMARTS) is 1. The molecular formula is C42H66O16. The molecule has 6 fully saturated rings. The third-order valence-electron chi connectivity index (χ3n) is 17.3. The van der Waals surface area contributed by atoms with Crippen LogP contribution < -0.4 is 0 Å². The van der Waals surface area contributed by atoms with Crippen molar-refractivity contribution in [3.8, 4) is 0 Å². The maximum Gasteiger partial charge on any atom is 0.335 e. The van der Waals surface area contributed by atoms with Crippen LogP contribution in [-0.2, 0) is 28.5 Å². The predicted molar refractivity (Wildman–Crippen MR) is 201 cm³/mol. The average molecular weight is 827 g/mol. The Hall–Kier alpha value is -1.80. The Morgan fingerprint density at radius 2 is 1.40 bits per heavy atom. The summed E-state index contributed by atoms with van der Waals surface area (Å²) in [5.41, 5.74) is -2.19. The topological polar surface area (TPSA) is 273 Å². The van der Waals surface area contributed by atoms with Gasteiger partial charge in [0.25, 0.3) is 0 Å². The first-order valence-electron chi connectivity index (χ1n) is 21.1. The van der Waals surface area contributed by atoms with Gasteiger partial charge in [0.1, 0.15) is 42.7 Å². The number of fused-ring (bicyclic) bond motifs is 7. The van der Waals surface area contributed by atoms with E-state index in [1.165, 1.54) is 5.57 Å². The lowest BCUT2D eigenvalue weighted by molar-refractivity contribution is -0.340. The normalized spacial score (nSPS) is 53.8. The first-order valence-corrected chi connectivity index (χ1v) is 21.1. The molecule has 7 aliphatic rings. The Bertz CT molecular complexity index is 1620. The molecule has 7 rings (SSSR count). The number of hydrogen-bond acceptors (Lipinski definition) is 15. The van der Waals surface area contributed by atoms with Crippen molar-refractivity contribution >= 4 is 11.9 Å². The zero-order chi connectivity index (χ0) is 42.7. The number of aliphatic carboxylic acids is 1. The average Bonchev–Trinajstić information content (AvgIpc) is 3.16. The van der Waals surface area contributed by atoms with Gasteiger partial charge in [0, 0.05) is 5.41 Å². The zero-order valence-electron chi connectivity index (χ0n) is 34.4. The molecule has 0 amide bonds. The largest absolute Gasteiger partial charge is 0.479 e. The van der Waals surface area contributed by atoms with Crippen LogP contribution in [0.2, 0.25) is 0 Å². The Balaban J connectivity index is 1.19. The van der Waals surface area contributed by atoms with E-state index in [9.17, 15) is 60.7 Å². The number of esters is 1. The number of ether oxygens (including phenoxy) is 4. The van der Waals surface area contributed by atoms with Crippen molar-refractivity contribution in [2.45, 2.75) is 173 Å². The van der Waals surface area contributed by atoms with Crippen LogP contribution in [0.15, 0.2) is 11.6 Å². The van der Waals surface area contributed by atoms with E-state index in [0.29, 0.717) is 38.5 Å². The van der Waals surface area contributed by atoms with Gasteiger partial charge < -0.3 is 70.0 Å². The Kier molecular flexibility index (Phi) is 11.4. The van der Waals surface area contributed by atoms with Crippen LogP contribution in [0.25, 0.3) is 0 Å². The summed E-state index contributed by atoms with van der Waals surface area (Å²) < 4.78 is 23.2. The van der Waals surface area contributed by atoms with Gasteiger partial charge in [0.15, 0.2) is 12.4 Å². The summed E-state index contributed by atoms with van der Waals surface area (Å²) >= 11 is 0. The molecular weight excluding hydrogens is 760 g/mol. The molecule has 10 N–H and O–H groups in total. The zero-order valence-corrected chi connectivity index (χ0v) is 34.4. The number of allylic oxidation sites excluding steroid dienone is 2. The van der Waals surface area contributed by atoms with Gasteiger partial charge in [-0.2, -0.15) is 0 Å². The molecule has 2 heterocycles. The van der Waals surface area contributed by atoms with Crippen LogP contribution in [0, 0.1) is 50.2 Å². The number of rotatable bonds is 7. The van der Waals surface area contributed by atoms with Gasteiger partial charge in [0.2, 0.25) is 6.29 Å². The molecule has 16 heteroatoms. The molecule has 0 spiro atoms. The van der Waals surface area contributed by atoms with Crippen LogP contribution >= 0.6 is 0 Å². The predicted octanol–water partition coefficient (Wildman–Crippen LogP) is 0.352. The van der Waals surface area contributed by atoms with Gasteiger partial charge in [-0.05, 0) is 97.2 Å². The van der Waals surface area contributed by atoms with E-state index in [1.54, 1.807) is 0 Å². The molecule has 0 aromatic heterocycles. The van der Waals surface area contributed by atoms with Gasteiger partial charge in [-0.3, -0.25) is 4.79 Å². The first-order chi connectivity index (χ1) is 27.0. The smallest absolute Gasteiger partial charge is 0.335 e. The van der Waals surface area contributed by atoms with E-state index >= 15 is 0 Å². The fourth-order valence-electron chi connectivity index (χ4n) is 13.7. The number of hydrogen-bond donors (Lipinski definition) is 10. The third kappa shape index (κ3) is 6.37. The maximum atomic E-state index is 14.6. The van der Waals surface area contributed by atoms with Crippen LogP contribution in [0.4, 0.5) is 0 Å². The number of carboxylic acids is 1. The Morgan fingerprint density at radius 1 is 0.759 bits per heavy atom. The summed E-state index contributed by atoms with van der Waals surface area (Å²) in [7, 11) is 0. The minimum absolute atomic E-state index is 0.0176. The van der Waals surface area contributed by atoms with Crippen molar-refractivity contribution in [1.82, 2.24) is 0 Å². The van der Waals surface area contributed by atoms with Crippen LogP contribution in [0.5, 0.6) is 0 Å². The van der Waals surface area contributed by atoms with Crippen molar-refractivity contribution in [3.05, 3.63) is 11.6 Å². The molecule has 2 saturated heterocycles. The van der Waals surface area contributed by atoms with Gasteiger partial charge in [-0.15, -0.1) is 0 Å². The molecule has 58 heavy (non-hydrogen) atoms. The number of aliphatic hydroxyl groups excluding tert-OH is 9. The van der Waals surface area contributed by atoms with Crippen molar-refractivity contribution in [2.24, 2.45) is 50.2 Å². The number of carbonyl (C=O) groups excluding carboxylic acids is 1. The first kappa shape index (κ1) is 44.3. The number of carbonyl (C=O) groups is 2. The summed E-state index contributed by atoms with van der Waals surface area (Å²) in [6.45, 7) is 12.0. The molecule has 20 atom stereocenters. The fourth-order valence-corrected chi connectivity index (χ4v) is 13.7. The summed E-state index contributed by atoms with van der Waals surface area (Å²) in [6.07, 6.45) is -11.5. The summed E-state index contributed by atoms with van der Waals surface area (Å²) in [5, 5.41) is 106. The molecule has 2 aliphatic heterocycles. The van der Waals surface area contributed by atoms with Crippen LogP contribution in [0.3, 0.4) is 0 Å². The maximum absolute atomic E-state index is 14.6. The quantitative estimate of drug-likeness (QED) is 0.0943. The van der Waals surface area contributed by atoms with Crippen LogP contribution in [-0.4, -0.2) is 150 Å². The van der Waals surface area contributed by atoms with Gasteiger partial charge in [-0.25, -0.2) is 4.79 Å². The van der Waals surface area contributed by atoms with Gasteiger partial charge >= 0.3 is 11.9 Å². The van der Waals surface area contributed by atoms with Crippen LogP contribution in [0.1, 0.15) is 99.3 Å². The minimum atomic E-state index is -1.91. The second-order valence-electron chi connectivity index (χ2n) is 20.7. The van der Waals surface area contributed by atoms with Crippen molar-refractivity contribution in [3.63, 3.8) is 0 Å². The second-order valence-corrected chi connectivity index (χ2v) is 20.7. The molecule has 0 aromatic carbocycles. The SMILES string of the molecule is CC1(C)CC[C@]2(C(=O)O[C@@H]3O[C@H](CO)[C@@H](O)[C@H](O)[C@H]3O)CC[C@]3(C)C(=CC[C@@H]4[C@@]5(C)C[C@H](O)[C@H](O[C@@H]6O[C@H](C(=O)O)[C@@H](O)[C@H](O)[C@H]6O)[C@@](C)(CO)[C@@H]5CC[C@]43C)[C@@H]2C1. The molecule has 0 aromatic rings. The van der Waals surface area contributed by atoms with E-state index in [0.717, 1.165) is 12.8 Å². The molecule has 16 nitrogen and oxygen atoms in total. The second kappa shape index (κ2) is 14.9. The van der Waals surface area contributed by atoms with E-state index in [-0.39, 0.29) is 40.4 Å². The van der Waals surface area contributed by atoms with E-state index < -0.39 is 115 Å². The van der Waals surface area contributed by atoms with E-state index in [1.807, 2.05) is 6.92 Å². The third-order valence-corrected chi connectivity index (χ3v) is 17.3. The van der Waals surface area contributed by atoms with Crippen molar-refractivity contribution in [2.75, 3.05) is 13.2 Å². The molecule has 4 saturated carbocycles. The fraction of sp³-hybridized carbons (Fsp3) is 0.905. The van der Waals surface area contributed by atoms with Gasteiger partial charge in [-0.1, -0.05) is 53.2 Å². The van der Waals surface area contributed by atoms with E-state index in [4.69, 9.17) is 18.9 Å². The monoisotopic (exact) mass is 826 g/mol. The van der Waals surface area contributed by atoms with Gasteiger partial charge in [0.05, 0.1) is 30.8 Å².